The van der Waals surface area contributed by atoms with E-state index < -0.39 is 0 Å². The lowest BCUT2D eigenvalue weighted by molar-refractivity contribution is 0.620. The van der Waals surface area contributed by atoms with Crippen LogP contribution in [-0.2, 0) is 19.3 Å². The van der Waals surface area contributed by atoms with Gasteiger partial charge in [-0.1, -0.05) is 42.5 Å². The van der Waals surface area contributed by atoms with Gasteiger partial charge in [-0.05, 0) is 119 Å². The highest BCUT2D eigenvalue weighted by molar-refractivity contribution is 5.78. The van der Waals surface area contributed by atoms with Crippen LogP contribution in [0.2, 0.25) is 0 Å². The second kappa shape index (κ2) is 9.50. The van der Waals surface area contributed by atoms with Crippen molar-refractivity contribution in [2.24, 2.45) is 0 Å². The van der Waals surface area contributed by atoms with Crippen molar-refractivity contribution in [2.45, 2.75) is 44.4 Å². The summed E-state index contributed by atoms with van der Waals surface area (Å²) in [6, 6.07) is 13.8. The maximum Gasteiger partial charge on any atom is 0.123 e. The Balaban J connectivity index is 0.000000212. The van der Waals surface area contributed by atoms with E-state index in [-0.39, 0.29) is 5.82 Å². The number of hydrogen-bond donors (Lipinski definition) is 1. The van der Waals surface area contributed by atoms with E-state index >= 15 is 0 Å². The molecule has 174 valence electrons. The number of nitrogens with zero attached hydrogens (tertiary/aromatic N) is 1. The van der Waals surface area contributed by atoms with Crippen LogP contribution in [0.4, 0.5) is 4.39 Å². The zero-order valence-corrected chi connectivity index (χ0v) is 19.8. The molecule has 0 saturated heterocycles. The van der Waals surface area contributed by atoms with Gasteiger partial charge in [-0.25, -0.2) is 4.39 Å². The molecule has 0 fully saturated rings. The minimum atomic E-state index is -0.158. The van der Waals surface area contributed by atoms with E-state index in [0.717, 1.165) is 31.2 Å². The first kappa shape index (κ1) is 21.8. The third-order valence-corrected chi connectivity index (χ3v) is 7.47. The van der Waals surface area contributed by atoms with Gasteiger partial charge in [-0.2, -0.15) is 0 Å². The van der Waals surface area contributed by atoms with Crippen LogP contribution in [-0.4, -0.2) is 4.98 Å². The summed E-state index contributed by atoms with van der Waals surface area (Å²) in [5.41, 5.74) is 11.8. The summed E-state index contributed by atoms with van der Waals surface area (Å²) < 4.78 is 14.1. The normalized spacial score (nSPS) is 18.6. The van der Waals surface area contributed by atoms with Crippen molar-refractivity contribution in [2.75, 3.05) is 0 Å². The summed E-state index contributed by atoms with van der Waals surface area (Å²) in [5, 5.41) is 3.20. The van der Waals surface area contributed by atoms with Gasteiger partial charge in [0.25, 0.3) is 0 Å². The fourth-order valence-corrected chi connectivity index (χ4v) is 5.71. The first-order valence-corrected chi connectivity index (χ1v) is 12.6. The first-order chi connectivity index (χ1) is 17.2. The Morgan fingerprint density at radius 1 is 0.943 bits per heavy atom. The molecule has 1 unspecified atom stereocenters. The summed E-state index contributed by atoms with van der Waals surface area (Å²) in [5.74, 6) is 0.203. The molecule has 3 aromatic rings. The van der Waals surface area contributed by atoms with E-state index in [4.69, 9.17) is 0 Å². The van der Waals surface area contributed by atoms with Crippen LogP contribution < -0.4 is 5.32 Å². The molecule has 2 nitrogen and oxygen atoms in total. The summed E-state index contributed by atoms with van der Waals surface area (Å²) in [6.07, 6.45) is 23.2. The molecule has 2 aromatic carbocycles. The van der Waals surface area contributed by atoms with Crippen LogP contribution in [0.3, 0.4) is 0 Å². The predicted octanol–water partition coefficient (Wildman–Crippen LogP) is 7.44. The number of allylic oxidation sites excluding steroid dienone is 6. The lowest BCUT2D eigenvalue weighted by atomic mass is 9.73. The number of rotatable bonds is 2. The van der Waals surface area contributed by atoms with Crippen molar-refractivity contribution in [3.63, 3.8) is 0 Å². The zero-order chi connectivity index (χ0) is 23.6. The third kappa shape index (κ3) is 4.51. The Hall–Kier alpha value is -3.72. The van der Waals surface area contributed by atoms with E-state index in [2.05, 4.69) is 58.9 Å². The quantitative estimate of drug-likeness (QED) is 0.430. The lowest BCUT2D eigenvalue weighted by Crippen LogP contribution is -2.17. The van der Waals surface area contributed by atoms with E-state index in [1.54, 1.807) is 12.1 Å². The molecule has 8 rings (SSSR count). The van der Waals surface area contributed by atoms with Crippen molar-refractivity contribution in [3.05, 3.63) is 130 Å². The Morgan fingerprint density at radius 2 is 1.91 bits per heavy atom. The van der Waals surface area contributed by atoms with Crippen LogP contribution in [0.1, 0.15) is 53.0 Å². The molecule has 1 N–H and O–H groups in total. The molecular weight excluding hydrogens is 431 g/mol. The number of benzene rings is 2. The molecule has 1 atom stereocenters. The van der Waals surface area contributed by atoms with E-state index in [0.29, 0.717) is 5.92 Å². The fraction of sp³-hybridized carbons (Fsp3) is 0.219. The Morgan fingerprint density at radius 3 is 2.77 bits per heavy atom. The lowest BCUT2D eigenvalue weighted by Gasteiger charge is -2.31. The topological polar surface area (TPSA) is 24.9 Å². The molecule has 5 aliphatic rings. The van der Waals surface area contributed by atoms with Gasteiger partial charge in [0.05, 0.1) is 0 Å². The summed E-state index contributed by atoms with van der Waals surface area (Å²) in [7, 11) is 0. The molecule has 0 saturated carbocycles. The van der Waals surface area contributed by atoms with Crippen LogP contribution >= 0.6 is 0 Å². The molecule has 3 aliphatic carbocycles. The molecule has 0 amide bonds. The average Bonchev–Trinajstić information content (AvgIpc) is 3.28. The van der Waals surface area contributed by atoms with Gasteiger partial charge in [0.2, 0.25) is 0 Å². The van der Waals surface area contributed by atoms with Gasteiger partial charge < -0.3 is 5.32 Å². The van der Waals surface area contributed by atoms with Gasteiger partial charge in [0, 0.05) is 24.3 Å². The van der Waals surface area contributed by atoms with Gasteiger partial charge in [-0.15, -0.1) is 0 Å². The maximum atomic E-state index is 14.1. The minimum Gasteiger partial charge on any atom is -0.365 e. The molecule has 2 bridgehead atoms. The van der Waals surface area contributed by atoms with E-state index in [1.165, 1.54) is 57.5 Å². The molecule has 3 heteroatoms. The van der Waals surface area contributed by atoms with E-state index in [9.17, 15) is 4.39 Å². The standard InChI is InChI=1S/C24H20FN.C8H9N/c25-19-8-10-21-18(12-16-4-3-11-26-15-16)13-23-20-6-2-1-5-17(20)7-9-22(23)24(21)14-19;1-3-8-4-2-7(1)5-6-9-8/h1,3-5,7-11,14-15,18H,2,6,12-13H2;1,3,5-6,9H,2,4H2. The van der Waals surface area contributed by atoms with Crippen molar-refractivity contribution in [3.8, 4) is 11.1 Å². The zero-order valence-electron chi connectivity index (χ0n) is 19.8. The average molecular weight is 461 g/mol. The number of pyridine rings is 1. The van der Waals surface area contributed by atoms with Crippen LogP contribution in [0.15, 0.2) is 96.6 Å². The number of fused-ring (bicyclic) bond motifs is 8. The first-order valence-electron chi connectivity index (χ1n) is 12.6. The van der Waals surface area contributed by atoms with Gasteiger partial charge in [0.1, 0.15) is 5.82 Å². The number of halogens is 1. The highest BCUT2D eigenvalue weighted by atomic mass is 19.1. The predicted molar refractivity (Wildman–Crippen MR) is 141 cm³/mol. The molecule has 2 aliphatic heterocycles. The number of nitrogens with one attached hydrogen (secondary N) is 1. The van der Waals surface area contributed by atoms with Crippen molar-refractivity contribution < 1.29 is 4.39 Å². The fourth-order valence-electron chi connectivity index (χ4n) is 5.71. The smallest absolute Gasteiger partial charge is 0.123 e. The molecular formula is C32H29FN2. The van der Waals surface area contributed by atoms with Crippen LogP contribution in [0.25, 0.3) is 17.2 Å². The maximum absolute atomic E-state index is 14.1. The molecule has 3 heterocycles. The summed E-state index contributed by atoms with van der Waals surface area (Å²) in [4.78, 5) is 4.27. The highest BCUT2D eigenvalue weighted by Crippen LogP contribution is 2.44. The Labute approximate surface area is 206 Å². The second-order valence-corrected chi connectivity index (χ2v) is 9.71. The summed E-state index contributed by atoms with van der Waals surface area (Å²) >= 11 is 0. The van der Waals surface area contributed by atoms with Crippen LogP contribution in [0, 0.1) is 5.82 Å². The largest absolute Gasteiger partial charge is 0.365 e. The van der Waals surface area contributed by atoms with E-state index in [1.807, 2.05) is 30.7 Å². The minimum absolute atomic E-state index is 0.158. The summed E-state index contributed by atoms with van der Waals surface area (Å²) in [6.45, 7) is 0. The number of aromatic nitrogens is 1. The van der Waals surface area contributed by atoms with Crippen molar-refractivity contribution in [1.82, 2.24) is 10.3 Å². The van der Waals surface area contributed by atoms with Gasteiger partial charge >= 0.3 is 0 Å². The Kier molecular flexibility index (Phi) is 5.91. The highest BCUT2D eigenvalue weighted by Gasteiger charge is 2.28. The van der Waals surface area contributed by atoms with Crippen molar-refractivity contribution in [1.29, 1.82) is 0 Å². The van der Waals surface area contributed by atoms with Crippen molar-refractivity contribution >= 4 is 6.08 Å². The molecule has 0 radical (unpaired) electrons. The van der Waals surface area contributed by atoms with Gasteiger partial charge in [-0.3, -0.25) is 4.98 Å². The monoisotopic (exact) mass is 460 g/mol. The second-order valence-electron chi connectivity index (χ2n) is 9.71. The molecule has 0 spiro atoms. The molecule has 35 heavy (non-hydrogen) atoms. The third-order valence-electron chi connectivity index (χ3n) is 7.47. The van der Waals surface area contributed by atoms with Crippen LogP contribution in [0.5, 0.6) is 0 Å². The number of hydrogen-bond acceptors (Lipinski definition) is 2. The van der Waals surface area contributed by atoms with Gasteiger partial charge in [0.15, 0.2) is 0 Å². The Bertz CT molecular complexity index is 1380. The molecule has 1 aromatic heterocycles. The SMILES string of the molecule is C1=CC2=CC=C(CC2)N1.Fc1ccc2c(c1)-c1ccc3c(c1CC2Cc1cccnc1)CCC=C3.